The largest absolute Gasteiger partial charge is 0.388 e. The van der Waals surface area contributed by atoms with E-state index in [9.17, 15) is 9.18 Å². The average Bonchev–Trinajstić information content (AvgIpc) is 3.22. The maximum absolute atomic E-state index is 13.4. The van der Waals surface area contributed by atoms with Gasteiger partial charge in [0.05, 0.1) is 18.1 Å². The summed E-state index contributed by atoms with van der Waals surface area (Å²) in [5, 5.41) is 3.02. The van der Waals surface area contributed by atoms with Crippen molar-refractivity contribution in [2.45, 2.75) is 31.7 Å². The third kappa shape index (κ3) is 4.54. The highest BCUT2D eigenvalue weighted by Crippen LogP contribution is 2.38. The lowest BCUT2D eigenvalue weighted by molar-refractivity contribution is 0.112. The van der Waals surface area contributed by atoms with E-state index in [1.54, 1.807) is 12.4 Å². The van der Waals surface area contributed by atoms with E-state index < -0.39 is 0 Å². The number of nitrogens with one attached hydrogen (secondary N) is 1. The number of nitrogens with zero attached hydrogens (tertiary/aromatic N) is 2. The monoisotopic (exact) mass is 367 g/mol. The zero-order valence-electron chi connectivity index (χ0n) is 15.9. The zero-order chi connectivity index (χ0) is 19.2. The number of benzene rings is 2. The van der Waals surface area contributed by atoms with E-state index in [0.29, 0.717) is 17.2 Å². The minimum atomic E-state index is -0.222. The number of halogens is 1. The van der Waals surface area contributed by atoms with E-state index in [1.807, 2.05) is 38.4 Å². The first-order valence-corrected chi connectivity index (χ1v) is 9.41. The highest BCUT2D eigenvalue weighted by Gasteiger charge is 2.28. The van der Waals surface area contributed by atoms with E-state index in [-0.39, 0.29) is 11.9 Å². The second kappa shape index (κ2) is 8.80. The minimum absolute atomic E-state index is 0.146. The smallest absolute Gasteiger partial charge is 0.152 e. The molecule has 1 N–H and O–H groups in total. The molecule has 1 aliphatic rings. The lowest BCUT2D eigenvalue weighted by Gasteiger charge is -2.32. The van der Waals surface area contributed by atoms with Gasteiger partial charge in [-0.3, -0.25) is 4.79 Å². The fourth-order valence-corrected chi connectivity index (χ4v) is 3.92. The van der Waals surface area contributed by atoms with Gasteiger partial charge in [-0.15, -0.1) is 0 Å². The number of carbonyl (C=O) groups excluding carboxylic acids is 1. The fraction of sp³-hybridized carbons (Fsp3) is 0.364. The molecule has 5 heteroatoms. The van der Waals surface area contributed by atoms with Crippen LogP contribution in [0.25, 0.3) is 0 Å². The van der Waals surface area contributed by atoms with Crippen molar-refractivity contribution < 1.29 is 9.18 Å². The zero-order valence-corrected chi connectivity index (χ0v) is 15.9. The molecule has 1 fully saturated rings. The Morgan fingerprint density at radius 1 is 1.19 bits per heavy atom. The average molecular weight is 367 g/mol. The van der Waals surface area contributed by atoms with Gasteiger partial charge in [-0.05, 0) is 54.7 Å². The summed E-state index contributed by atoms with van der Waals surface area (Å²) in [6.45, 7) is 0. The maximum Gasteiger partial charge on any atom is 0.152 e. The normalized spacial score (nSPS) is 15.8. The summed E-state index contributed by atoms with van der Waals surface area (Å²) >= 11 is 0. The molecule has 0 saturated heterocycles. The van der Waals surface area contributed by atoms with Crippen LogP contribution in [0.15, 0.2) is 47.5 Å². The quantitative estimate of drug-likeness (QED) is 0.415. The summed E-state index contributed by atoms with van der Waals surface area (Å²) in [4.78, 5) is 18.0. The number of hydrogen-bond acceptors (Lipinski definition) is 3. The Morgan fingerprint density at radius 3 is 2.52 bits per heavy atom. The molecule has 0 aliphatic heterocycles. The van der Waals surface area contributed by atoms with Crippen LogP contribution in [0.3, 0.4) is 0 Å². The molecule has 1 aliphatic carbocycles. The van der Waals surface area contributed by atoms with Gasteiger partial charge in [-0.25, -0.2) is 9.38 Å². The Bertz CT molecular complexity index is 798. The van der Waals surface area contributed by atoms with Gasteiger partial charge in [-0.2, -0.15) is 0 Å². The van der Waals surface area contributed by atoms with Crippen LogP contribution in [0.4, 0.5) is 15.8 Å². The number of anilines is 1. The van der Waals surface area contributed by atoms with Crippen LogP contribution < -0.4 is 5.32 Å². The van der Waals surface area contributed by atoms with Crippen molar-refractivity contribution in [3.05, 3.63) is 59.4 Å². The summed E-state index contributed by atoms with van der Waals surface area (Å²) in [6.07, 6.45) is 7.39. The van der Waals surface area contributed by atoms with Crippen molar-refractivity contribution in [1.82, 2.24) is 4.90 Å². The van der Waals surface area contributed by atoms with Gasteiger partial charge in [0.2, 0.25) is 0 Å². The molecule has 0 amide bonds. The van der Waals surface area contributed by atoms with Gasteiger partial charge in [0.15, 0.2) is 6.29 Å². The second-order valence-electron chi connectivity index (χ2n) is 7.09. The van der Waals surface area contributed by atoms with Crippen molar-refractivity contribution in [2.24, 2.45) is 10.9 Å². The third-order valence-corrected chi connectivity index (χ3v) is 5.32. The topological polar surface area (TPSA) is 44.7 Å². The molecular formula is C22H26FN3O. The molecule has 1 unspecified atom stereocenters. The van der Waals surface area contributed by atoms with Crippen LogP contribution in [-0.2, 0) is 0 Å². The van der Waals surface area contributed by atoms with Crippen molar-refractivity contribution in [3.8, 4) is 0 Å². The molecule has 142 valence electrons. The number of hydrogen-bond donors (Lipinski definition) is 1. The second-order valence-corrected chi connectivity index (χ2v) is 7.09. The Kier molecular flexibility index (Phi) is 6.22. The SMILES string of the molecule is CNc1ccc(N=CN(C)C(c2ccc(F)cc2)C2CCCC2)c(C=O)c1. The summed E-state index contributed by atoms with van der Waals surface area (Å²) in [7, 11) is 3.81. The Labute approximate surface area is 160 Å². The summed E-state index contributed by atoms with van der Waals surface area (Å²) in [5.41, 5.74) is 3.16. The van der Waals surface area contributed by atoms with Gasteiger partial charge >= 0.3 is 0 Å². The molecule has 2 aromatic carbocycles. The predicted molar refractivity (Wildman–Crippen MR) is 108 cm³/mol. The van der Waals surface area contributed by atoms with E-state index in [2.05, 4.69) is 15.2 Å². The molecular weight excluding hydrogens is 341 g/mol. The van der Waals surface area contributed by atoms with Gasteiger partial charge in [0.1, 0.15) is 5.82 Å². The van der Waals surface area contributed by atoms with Gasteiger partial charge in [0.25, 0.3) is 0 Å². The van der Waals surface area contributed by atoms with E-state index >= 15 is 0 Å². The molecule has 0 bridgehead atoms. The first-order chi connectivity index (χ1) is 13.1. The summed E-state index contributed by atoms with van der Waals surface area (Å²) in [6, 6.07) is 12.4. The van der Waals surface area contributed by atoms with Crippen molar-refractivity contribution in [3.63, 3.8) is 0 Å². The summed E-state index contributed by atoms with van der Waals surface area (Å²) in [5.74, 6) is 0.296. The van der Waals surface area contributed by atoms with Gasteiger partial charge < -0.3 is 10.2 Å². The van der Waals surface area contributed by atoms with Crippen molar-refractivity contribution in [2.75, 3.05) is 19.4 Å². The molecule has 4 nitrogen and oxygen atoms in total. The molecule has 1 saturated carbocycles. The standard InChI is InChI=1S/C22H26FN3O/c1-24-20-11-12-21(18(13-20)14-27)25-15-26(2)22(16-5-3-4-6-16)17-7-9-19(23)10-8-17/h7-16,22,24H,3-6H2,1-2H3. The van der Waals surface area contributed by atoms with Gasteiger partial charge in [-0.1, -0.05) is 25.0 Å². The Morgan fingerprint density at radius 2 is 1.89 bits per heavy atom. The molecule has 0 radical (unpaired) electrons. The lowest BCUT2D eigenvalue weighted by Crippen LogP contribution is -2.28. The number of rotatable bonds is 7. The fourth-order valence-electron chi connectivity index (χ4n) is 3.92. The highest BCUT2D eigenvalue weighted by molar-refractivity contribution is 5.86. The van der Waals surface area contributed by atoms with Crippen LogP contribution in [0.2, 0.25) is 0 Å². The molecule has 0 spiro atoms. The maximum atomic E-state index is 13.4. The molecule has 3 rings (SSSR count). The highest BCUT2D eigenvalue weighted by atomic mass is 19.1. The molecule has 1 atom stereocenters. The van der Waals surface area contributed by atoms with E-state index in [1.165, 1.54) is 25.0 Å². The number of carbonyl (C=O) groups is 1. The first kappa shape index (κ1) is 19.1. The molecule has 27 heavy (non-hydrogen) atoms. The van der Waals surface area contributed by atoms with Crippen LogP contribution in [0.1, 0.15) is 47.6 Å². The van der Waals surface area contributed by atoms with E-state index in [4.69, 9.17) is 0 Å². The number of aldehydes is 1. The summed E-state index contributed by atoms with van der Waals surface area (Å²) < 4.78 is 13.4. The third-order valence-electron chi connectivity index (χ3n) is 5.32. The predicted octanol–water partition coefficient (Wildman–Crippen LogP) is 5.20. The van der Waals surface area contributed by atoms with Crippen LogP contribution in [-0.4, -0.2) is 31.6 Å². The van der Waals surface area contributed by atoms with Crippen molar-refractivity contribution >= 4 is 24.0 Å². The molecule has 2 aromatic rings. The van der Waals surface area contributed by atoms with Crippen LogP contribution >= 0.6 is 0 Å². The number of aliphatic imine (C=N–C) groups is 1. The minimum Gasteiger partial charge on any atom is -0.388 e. The first-order valence-electron chi connectivity index (χ1n) is 9.41. The Hall–Kier alpha value is -2.69. The van der Waals surface area contributed by atoms with Crippen LogP contribution in [0.5, 0.6) is 0 Å². The Balaban J connectivity index is 1.86. The van der Waals surface area contributed by atoms with Crippen molar-refractivity contribution in [1.29, 1.82) is 0 Å². The van der Waals surface area contributed by atoms with Gasteiger partial charge in [0, 0.05) is 25.3 Å². The molecule has 0 heterocycles. The lowest BCUT2D eigenvalue weighted by atomic mass is 9.91. The van der Waals surface area contributed by atoms with Crippen LogP contribution in [0, 0.1) is 11.7 Å². The molecule has 0 aromatic heterocycles. The van der Waals surface area contributed by atoms with E-state index in [0.717, 1.165) is 30.4 Å².